The van der Waals surface area contributed by atoms with E-state index >= 15 is 0 Å². The molecule has 0 amide bonds. The Hall–Kier alpha value is -0.0800. The van der Waals surface area contributed by atoms with E-state index in [0.717, 1.165) is 12.1 Å². The van der Waals surface area contributed by atoms with Crippen molar-refractivity contribution < 1.29 is 0 Å². The van der Waals surface area contributed by atoms with Crippen molar-refractivity contribution in [2.45, 2.75) is 71.4 Å². The molecule has 0 aromatic rings. The van der Waals surface area contributed by atoms with Crippen molar-refractivity contribution in [3.8, 4) is 0 Å². The lowest BCUT2D eigenvalue weighted by Gasteiger charge is -2.26. The Morgan fingerprint density at radius 2 is 1.88 bits per heavy atom. The molecule has 1 aliphatic rings. The Bertz CT molecular complexity index is 164. The summed E-state index contributed by atoms with van der Waals surface area (Å²) in [6.45, 7) is 10.6. The quantitative estimate of drug-likeness (QED) is 0.684. The average Bonchev–Trinajstić information content (AvgIpc) is 2.74. The molecule has 16 heavy (non-hydrogen) atoms. The van der Waals surface area contributed by atoms with Gasteiger partial charge in [-0.1, -0.05) is 33.6 Å². The smallest absolute Gasteiger partial charge is 0.0221 e. The highest BCUT2D eigenvalue weighted by molar-refractivity contribution is 4.81. The lowest BCUT2D eigenvalue weighted by atomic mass is 10.1. The van der Waals surface area contributed by atoms with Gasteiger partial charge in [0.1, 0.15) is 0 Å². The highest BCUT2D eigenvalue weighted by Gasteiger charge is 2.23. The highest BCUT2D eigenvalue weighted by Crippen LogP contribution is 2.16. The molecule has 1 unspecified atom stereocenters. The third-order valence-electron chi connectivity index (χ3n) is 3.82. The zero-order chi connectivity index (χ0) is 11.8. The van der Waals surface area contributed by atoms with Gasteiger partial charge >= 0.3 is 0 Å². The van der Waals surface area contributed by atoms with Crippen LogP contribution in [0.4, 0.5) is 0 Å². The molecule has 0 aromatic carbocycles. The Labute approximate surface area is 102 Å². The van der Waals surface area contributed by atoms with E-state index in [9.17, 15) is 0 Å². The highest BCUT2D eigenvalue weighted by atomic mass is 15.2. The molecular formula is C14H30N2. The average molecular weight is 226 g/mol. The van der Waals surface area contributed by atoms with E-state index in [4.69, 9.17) is 0 Å². The van der Waals surface area contributed by atoms with Crippen LogP contribution in [0.5, 0.6) is 0 Å². The van der Waals surface area contributed by atoms with Gasteiger partial charge in [0, 0.05) is 18.6 Å². The Morgan fingerprint density at radius 3 is 2.44 bits per heavy atom. The van der Waals surface area contributed by atoms with E-state index < -0.39 is 0 Å². The molecule has 96 valence electrons. The fraction of sp³-hybridized carbons (Fsp3) is 1.00. The van der Waals surface area contributed by atoms with Gasteiger partial charge in [-0.05, 0) is 38.8 Å². The number of rotatable bonds is 8. The van der Waals surface area contributed by atoms with E-state index in [1.165, 1.54) is 58.2 Å². The van der Waals surface area contributed by atoms with Crippen LogP contribution in [0.2, 0.25) is 0 Å². The molecule has 1 N–H and O–H groups in total. The fourth-order valence-corrected chi connectivity index (χ4v) is 2.89. The molecule has 1 fully saturated rings. The first-order valence-electron chi connectivity index (χ1n) is 7.29. The molecule has 2 heteroatoms. The third kappa shape index (κ3) is 4.42. The van der Waals surface area contributed by atoms with Crippen LogP contribution in [-0.4, -0.2) is 36.6 Å². The number of nitrogens with one attached hydrogen (secondary N) is 1. The van der Waals surface area contributed by atoms with Crippen molar-refractivity contribution in [1.82, 2.24) is 10.2 Å². The Morgan fingerprint density at radius 1 is 1.19 bits per heavy atom. The third-order valence-corrected chi connectivity index (χ3v) is 3.82. The number of hydrogen-bond donors (Lipinski definition) is 1. The van der Waals surface area contributed by atoms with Crippen molar-refractivity contribution in [2.24, 2.45) is 0 Å². The SMILES string of the molecule is CCCC(CCC)NCC1CCCN1CC. The number of nitrogens with zero attached hydrogens (tertiary/aromatic N) is 1. The molecule has 0 spiro atoms. The first-order chi connectivity index (χ1) is 7.81. The molecule has 2 nitrogen and oxygen atoms in total. The van der Waals surface area contributed by atoms with Crippen molar-refractivity contribution in [3.63, 3.8) is 0 Å². The zero-order valence-corrected chi connectivity index (χ0v) is 11.5. The predicted octanol–water partition coefficient (Wildman–Crippen LogP) is 3.03. The van der Waals surface area contributed by atoms with Crippen molar-refractivity contribution >= 4 is 0 Å². The van der Waals surface area contributed by atoms with Gasteiger partial charge in [-0.2, -0.15) is 0 Å². The maximum atomic E-state index is 3.79. The van der Waals surface area contributed by atoms with Crippen LogP contribution in [0.1, 0.15) is 59.3 Å². The second kappa shape index (κ2) is 8.08. The molecule has 0 aromatic heterocycles. The zero-order valence-electron chi connectivity index (χ0n) is 11.5. The first-order valence-corrected chi connectivity index (χ1v) is 7.29. The second-order valence-electron chi connectivity index (χ2n) is 5.11. The topological polar surface area (TPSA) is 15.3 Å². The van der Waals surface area contributed by atoms with Gasteiger partial charge in [0.25, 0.3) is 0 Å². The van der Waals surface area contributed by atoms with Crippen LogP contribution < -0.4 is 5.32 Å². The minimum absolute atomic E-state index is 0.759. The fourth-order valence-electron chi connectivity index (χ4n) is 2.89. The lowest BCUT2D eigenvalue weighted by Crippen LogP contribution is -2.41. The summed E-state index contributed by atoms with van der Waals surface area (Å²) < 4.78 is 0. The van der Waals surface area contributed by atoms with E-state index in [2.05, 4.69) is 31.0 Å². The van der Waals surface area contributed by atoms with Gasteiger partial charge in [0.15, 0.2) is 0 Å². The van der Waals surface area contributed by atoms with E-state index in [1.54, 1.807) is 0 Å². The maximum absolute atomic E-state index is 3.79. The summed E-state index contributed by atoms with van der Waals surface area (Å²) in [4.78, 5) is 2.63. The van der Waals surface area contributed by atoms with Crippen LogP contribution in [0.15, 0.2) is 0 Å². The Kier molecular flexibility index (Phi) is 7.06. The minimum Gasteiger partial charge on any atom is -0.312 e. The predicted molar refractivity (Wildman–Crippen MR) is 71.9 cm³/mol. The standard InChI is InChI=1S/C14H30N2/c1-4-8-13(9-5-2)15-12-14-10-7-11-16(14)6-3/h13-15H,4-12H2,1-3H3. The summed E-state index contributed by atoms with van der Waals surface area (Å²) in [6, 6.07) is 1.57. The normalized spacial score (nSPS) is 22.1. The monoisotopic (exact) mass is 226 g/mol. The van der Waals surface area contributed by atoms with Gasteiger partial charge in [-0.15, -0.1) is 0 Å². The van der Waals surface area contributed by atoms with E-state index in [-0.39, 0.29) is 0 Å². The van der Waals surface area contributed by atoms with Crippen LogP contribution in [-0.2, 0) is 0 Å². The van der Waals surface area contributed by atoms with Crippen molar-refractivity contribution in [2.75, 3.05) is 19.6 Å². The second-order valence-corrected chi connectivity index (χ2v) is 5.11. The number of hydrogen-bond acceptors (Lipinski definition) is 2. The molecular weight excluding hydrogens is 196 g/mol. The van der Waals surface area contributed by atoms with E-state index in [1.807, 2.05) is 0 Å². The first kappa shape index (κ1) is 14.0. The molecule has 0 saturated carbocycles. The van der Waals surface area contributed by atoms with Crippen molar-refractivity contribution in [1.29, 1.82) is 0 Å². The van der Waals surface area contributed by atoms with Gasteiger partial charge < -0.3 is 5.32 Å². The van der Waals surface area contributed by atoms with Gasteiger partial charge in [-0.25, -0.2) is 0 Å². The van der Waals surface area contributed by atoms with Crippen LogP contribution in [0, 0.1) is 0 Å². The number of likely N-dealkylation sites (tertiary alicyclic amines) is 1. The number of likely N-dealkylation sites (N-methyl/N-ethyl adjacent to an activating group) is 1. The van der Waals surface area contributed by atoms with Crippen LogP contribution >= 0.6 is 0 Å². The summed E-state index contributed by atoms with van der Waals surface area (Å²) >= 11 is 0. The molecule has 1 atom stereocenters. The maximum Gasteiger partial charge on any atom is 0.0221 e. The van der Waals surface area contributed by atoms with Crippen LogP contribution in [0.25, 0.3) is 0 Å². The molecule has 1 rings (SSSR count). The largest absolute Gasteiger partial charge is 0.312 e. The molecule has 0 bridgehead atoms. The molecule has 1 heterocycles. The summed E-state index contributed by atoms with van der Waals surface area (Å²) in [6.07, 6.45) is 8.08. The van der Waals surface area contributed by atoms with Crippen molar-refractivity contribution in [3.05, 3.63) is 0 Å². The summed E-state index contributed by atoms with van der Waals surface area (Å²) in [5, 5.41) is 3.79. The summed E-state index contributed by atoms with van der Waals surface area (Å²) in [7, 11) is 0. The Balaban J connectivity index is 2.24. The van der Waals surface area contributed by atoms with E-state index in [0.29, 0.717) is 0 Å². The summed E-state index contributed by atoms with van der Waals surface area (Å²) in [5.74, 6) is 0. The molecule has 1 saturated heterocycles. The molecule has 0 aliphatic carbocycles. The minimum atomic E-state index is 0.759. The van der Waals surface area contributed by atoms with Crippen LogP contribution in [0.3, 0.4) is 0 Å². The van der Waals surface area contributed by atoms with Gasteiger partial charge in [0.05, 0.1) is 0 Å². The molecule has 1 aliphatic heterocycles. The van der Waals surface area contributed by atoms with Gasteiger partial charge in [0.2, 0.25) is 0 Å². The molecule has 0 radical (unpaired) electrons. The van der Waals surface area contributed by atoms with Gasteiger partial charge in [-0.3, -0.25) is 4.90 Å². The lowest BCUT2D eigenvalue weighted by molar-refractivity contribution is 0.250. The summed E-state index contributed by atoms with van der Waals surface area (Å²) in [5.41, 5.74) is 0.